The van der Waals surface area contributed by atoms with Crippen LogP contribution >= 0.6 is 0 Å². The molecule has 3 unspecified atom stereocenters. The highest BCUT2D eigenvalue weighted by molar-refractivity contribution is 6.04. The van der Waals surface area contributed by atoms with Gasteiger partial charge in [-0.1, -0.05) is 345 Å². The van der Waals surface area contributed by atoms with Crippen molar-refractivity contribution in [3.05, 3.63) is 522 Å². The summed E-state index contributed by atoms with van der Waals surface area (Å²) in [5, 5.41) is 0. The van der Waals surface area contributed by atoms with Gasteiger partial charge in [0.15, 0.2) is 0 Å². The first-order valence-electron chi connectivity index (χ1n) is 46.7. The fourth-order valence-corrected chi connectivity index (χ4v) is 28.7. The van der Waals surface area contributed by atoms with Crippen molar-refractivity contribution in [1.82, 2.24) is 0 Å². The number of allylic oxidation sites excluding steroid dienone is 20. The quantitative estimate of drug-likeness (QED) is 0.164. The van der Waals surface area contributed by atoms with Gasteiger partial charge in [0, 0.05) is 50.4 Å². The molecule has 0 aliphatic heterocycles. The molecule has 4 spiro atoms. The minimum Gasteiger partial charge on any atom is -0.311 e. The minimum atomic E-state index is -0.537. The minimum absolute atomic E-state index is 0.309. The number of anilines is 5. The zero-order valence-corrected chi connectivity index (χ0v) is 73.0. The third-order valence-corrected chi connectivity index (χ3v) is 33.5. The second-order valence-electron chi connectivity index (χ2n) is 39.7. The SMILES string of the molecule is C=C1/C=C\C(N(c2ccc3c(c2)C(C)(C)C2=C4C(C)(C)c5cc(N(c6ccc7c(c6)C6(C8=C(CCC=C8)c8ccccc86)c6ccccc6-7)c6ccc7c(c6)C6(c8ccccc8-c8ccccc86)c6ccccc6-7)ccc5C4(C)CC=C23)c2ccc3c(c2)C2(C4=C(C=CCC4)c4ccccc42)C2=C3C=CCC2)=C/CC2(c3ccccc31)c1ccccc1-c1ccccc12. The third-order valence-electron chi connectivity index (χ3n) is 33.5. The first-order chi connectivity index (χ1) is 62.8. The maximum absolute atomic E-state index is 5.03. The van der Waals surface area contributed by atoms with Crippen LogP contribution in [0.5, 0.6) is 0 Å². The van der Waals surface area contributed by atoms with Crippen molar-refractivity contribution in [2.75, 3.05) is 9.80 Å². The largest absolute Gasteiger partial charge is 0.311 e. The van der Waals surface area contributed by atoms with Crippen molar-refractivity contribution >= 4 is 56.3 Å². The summed E-state index contributed by atoms with van der Waals surface area (Å²) in [5.74, 6) is 0. The lowest BCUT2D eigenvalue weighted by molar-refractivity contribution is 0.486. The monoisotopic (exact) mass is 1630 g/mol. The van der Waals surface area contributed by atoms with Crippen LogP contribution in [0.2, 0.25) is 0 Å². The molecule has 14 aliphatic rings. The Balaban J connectivity index is 0.629. The number of nitrogens with zero attached hydrogens (tertiary/aromatic N) is 2. The van der Waals surface area contributed by atoms with E-state index in [1.165, 1.54) is 189 Å². The first kappa shape index (κ1) is 73.1. The number of benzene rings is 14. The molecule has 0 bridgehead atoms. The lowest BCUT2D eigenvalue weighted by Crippen LogP contribution is -2.33. The Morgan fingerprint density at radius 1 is 0.273 bits per heavy atom. The Morgan fingerprint density at radius 2 is 0.656 bits per heavy atom. The normalized spacial score (nSPS) is 22.2. The molecule has 0 radical (unpaired) electrons. The topological polar surface area (TPSA) is 6.48 Å². The fraction of sp³-hybridized carbons (Fsp3) is 0.159. The van der Waals surface area contributed by atoms with Crippen LogP contribution in [-0.4, -0.2) is 0 Å². The summed E-state index contributed by atoms with van der Waals surface area (Å²) in [6.07, 6.45) is 32.5. The van der Waals surface area contributed by atoms with Crippen LogP contribution in [0, 0.1) is 0 Å². The first-order valence-corrected chi connectivity index (χ1v) is 46.7. The molecule has 0 fully saturated rings. The highest BCUT2D eigenvalue weighted by Gasteiger charge is 2.60. The number of hydrogen-bond donors (Lipinski definition) is 0. The number of hydrogen-bond acceptors (Lipinski definition) is 2. The van der Waals surface area contributed by atoms with Crippen molar-refractivity contribution in [3.63, 3.8) is 0 Å². The summed E-state index contributed by atoms with van der Waals surface area (Å²) >= 11 is 0. The highest BCUT2D eigenvalue weighted by atomic mass is 15.2. The third kappa shape index (κ3) is 8.85. The molecule has 0 amide bonds. The molecule has 2 nitrogen and oxygen atoms in total. The smallest absolute Gasteiger partial charge is 0.0726 e. The average Bonchev–Trinajstić information content (AvgIpc) is 1.51. The molecule has 3 atom stereocenters. The average molecular weight is 1640 g/mol. The summed E-state index contributed by atoms with van der Waals surface area (Å²) < 4.78 is 0. The van der Waals surface area contributed by atoms with Gasteiger partial charge < -0.3 is 9.80 Å². The van der Waals surface area contributed by atoms with Crippen LogP contribution in [0.1, 0.15) is 197 Å². The van der Waals surface area contributed by atoms with Gasteiger partial charge in [-0.25, -0.2) is 0 Å². The van der Waals surface area contributed by atoms with Crippen molar-refractivity contribution in [1.29, 1.82) is 0 Å². The molecule has 2 heteroatoms. The number of fused-ring (bicyclic) bond motifs is 40. The van der Waals surface area contributed by atoms with E-state index in [0.717, 1.165) is 91.1 Å². The molecule has 0 saturated heterocycles. The highest BCUT2D eigenvalue weighted by Crippen LogP contribution is 2.72. The van der Waals surface area contributed by atoms with Crippen LogP contribution in [0.25, 0.3) is 72.4 Å². The van der Waals surface area contributed by atoms with Gasteiger partial charge in [0.25, 0.3) is 0 Å². The maximum Gasteiger partial charge on any atom is 0.0726 e. The van der Waals surface area contributed by atoms with Gasteiger partial charge in [-0.05, 0) is 330 Å². The van der Waals surface area contributed by atoms with Crippen molar-refractivity contribution in [2.45, 2.75) is 124 Å². The van der Waals surface area contributed by atoms with E-state index in [1.54, 1.807) is 16.7 Å². The molecular weight excluding hydrogens is 1540 g/mol. The predicted molar refractivity (Wildman–Crippen MR) is 529 cm³/mol. The maximum atomic E-state index is 5.03. The van der Waals surface area contributed by atoms with E-state index < -0.39 is 27.1 Å². The van der Waals surface area contributed by atoms with Crippen LogP contribution < -0.4 is 9.80 Å². The summed E-state index contributed by atoms with van der Waals surface area (Å²) in [4.78, 5) is 5.33. The molecule has 28 rings (SSSR count). The molecule has 608 valence electrons. The molecule has 0 N–H and O–H groups in total. The van der Waals surface area contributed by atoms with Crippen molar-refractivity contribution < 1.29 is 0 Å². The van der Waals surface area contributed by atoms with E-state index in [-0.39, 0.29) is 10.8 Å². The second-order valence-corrected chi connectivity index (χ2v) is 39.7. The van der Waals surface area contributed by atoms with E-state index in [0.29, 0.717) is 0 Å². The lowest BCUT2D eigenvalue weighted by atomic mass is 9.63. The Morgan fingerprint density at radius 3 is 1.21 bits per heavy atom. The van der Waals surface area contributed by atoms with Crippen LogP contribution in [0.15, 0.2) is 410 Å². The predicted octanol–water partition coefficient (Wildman–Crippen LogP) is 31.1. The summed E-state index contributed by atoms with van der Waals surface area (Å²) in [5.41, 5.74) is 55.6. The van der Waals surface area contributed by atoms with Gasteiger partial charge in [-0.3, -0.25) is 0 Å². The van der Waals surface area contributed by atoms with E-state index in [1.807, 2.05) is 0 Å². The summed E-state index contributed by atoms with van der Waals surface area (Å²) in [7, 11) is 0. The molecule has 14 aliphatic carbocycles. The van der Waals surface area contributed by atoms with E-state index in [9.17, 15) is 0 Å². The Labute approximate surface area is 750 Å². The van der Waals surface area contributed by atoms with Gasteiger partial charge in [0.1, 0.15) is 0 Å². The Kier molecular flexibility index (Phi) is 14.6. The van der Waals surface area contributed by atoms with Crippen LogP contribution in [0.4, 0.5) is 28.4 Å². The number of rotatable bonds is 6. The molecule has 14 aromatic carbocycles. The van der Waals surface area contributed by atoms with Crippen LogP contribution in [-0.2, 0) is 37.9 Å². The zero-order chi connectivity index (χ0) is 84.8. The summed E-state index contributed by atoms with van der Waals surface area (Å²) in [6.45, 7) is 17.9. The molecule has 128 heavy (non-hydrogen) atoms. The van der Waals surface area contributed by atoms with Gasteiger partial charge in [0.2, 0.25) is 0 Å². The van der Waals surface area contributed by atoms with E-state index >= 15 is 0 Å². The zero-order valence-electron chi connectivity index (χ0n) is 73.0. The van der Waals surface area contributed by atoms with Gasteiger partial charge in [0.05, 0.1) is 21.7 Å². The van der Waals surface area contributed by atoms with Gasteiger partial charge >= 0.3 is 0 Å². The van der Waals surface area contributed by atoms with Gasteiger partial charge in [-0.2, -0.15) is 0 Å². The second kappa shape index (κ2) is 25.6. The lowest BCUT2D eigenvalue weighted by Gasteiger charge is -2.40. The summed E-state index contributed by atoms with van der Waals surface area (Å²) in [6, 6.07) is 122. The fourth-order valence-electron chi connectivity index (χ4n) is 28.7. The Bertz CT molecular complexity index is 7760. The molecule has 0 saturated carbocycles. The molecular formula is C126H94N2. The van der Waals surface area contributed by atoms with Crippen molar-refractivity contribution in [3.8, 4) is 44.5 Å². The standard InChI is InChI=1S/C126H94N2/c1-76-55-56-77(67-70-123(100-43-19-7-31-83(76)100)101-44-20-8-32-84(101)85-33-9-21-45-102(85)123)127(79-57-62-95-92-40-16-28-52-109(92)124(114(95)72-79)103-46-22-10-34-86(103)87-35-11-23-47-104(87)124)78-60-65-98-99-68-69-122(6)112-66-61-82(75-117(112)121(4,5)119(122)118(99)120(2,3)113(98)71-78)128(80-58-63-96-93-41-17-29-53-110(93)125(115(96)73-80)105-48-24-12-36-88(105)89-37-13-25-49-106(89)125)81-59-64-97-94-42-18-30-54-111(94)126(116(97)74-81)107-50-26-14-38-90(107)91-39-15-27-51-108(91)126/h7-14,16-22,24-27,29-38,40-46,48-51,53-68,71-75H,1,15,23,28,39,47,52,69-70H2,2-6H3/b56-55-,77-67+. The molecule has 0 aromatic heterocycles. The van der Waals surface area contributed by atoms with E-state index in [2.05, 4.69) is 415 Å². The van der Waals surface area contributed by atoms with Crippen LogP contribution in [0.3, 0.4) is 0 Å². The molecule has 14 aromatic rings. The molecule has 0 heterocycles. The van der Waals surface area contributed by atoms with E-state index in [4.69, 9.17) is 6.58 Å². The Hall–Kier alpha value is -14.2. The van der Waals surface area contributed by atoms with Gasteiger partial charge in [-0.15, -0.1) is 0 Å². The van der Waals surface area contributed by atoms with Crippen molar-refractivity contribution in [2.24, 2.45) is 0 Å².